The molecular formula is C54H54Cl2F6N10O2S2. The van der Waals surface area contributed by atoms with Gasteiger partial charge in [-0.05, 0) is 148 Å². The van der Waals surface area contributed by atoms with Crippen LogP contribution in [0.1, 0.15) is 74.9 Å². The molecule has 10 rings (SSSR count). The van der Waals surface area contributed by atoms with Crippen LogP contribution < -0.4 is 0 Å². The molecule has 0 atom stereocenters. The summed E-state index contributed by atoms with van der Waals surface area (Å²) in [6.07, 6.45) is -2.22. The molecule has 2 saturated heterocycles. The predicted molar refractivity (Wildman–Crippen MR) is 292 cm³/mol. The van der Waals surface area contributed by atoms with E-state index in [9.17, 15) is 35.9 Å². The van der Waals surface area contributed by atoms with Crippen LogP contribution in [0.4, 0.5) is 26.3 Å². The monoisotopic (exact) mass is 1120 g/mol. The number of thioether (sulfide) groups is 2. The van der Waals surface area contributed by atoms with Gasteiger partial charge in [-0.3, -0.25) is 28.8 Å². The van der Waals surface area contributed by atoms with Crippen LogP contribution in [-0.4, -0.2) is 125 Å². The number of aliphatic imine (C=N–C) groups is 2. The number of carbonyl (C=O) groups is 2. The molecule has 400 valence electrons. The van der Waals surface area contributed by atoms with Crippen LogP contribution in [0.3, 0.4) is 0 Å². The van der Waals surface area contributed by atoms with E-state index in [4.69, 9.17) is 23.2 Å². The van der Waals surface area contributed by atoms with Gasteiger partial charge in [0.15, 0.2) is 10.3 Å². The lowest BCUT2D eigenvalue weighted by molar-refractivity contribution is -0.139. The summed E-state index contributed by atoms with van der Waals surface area (Å²) in [5.41, 5.74) is 1.80. The third kappa shape index (κ3) is 12.7. The Bertz CT molecular complexity index is 3120. The second-order valence-corrected chi connectivity index (χ2v) is 23.6. The van der Waals surface area contributed by atoms with Gasteiger partial charge in [0.05, 0.1) is 57.5 Å². The zero-order valence-corrected chi connectivity index (χ0v) is 45.6. The van der Waals surface area contributed by atoms with Gasteiger partial charge in [0.2, 0.25) is 0 Å². The molecule has 2 aromatic heterocycles. The number of hydrogen-bond donors (Lipinski definition) is 0. The highest BCUT2D eigenvalue weighted by Crippen LogP contribution is 2.38. The molecule has 6 aromatic rings. The first kappa shape index (κ1) is 55.1. The van der Waals surface area contributed by atoms with Crippen molar-refractivity contribution >= 4 is 103 Å². The summed E-state index contributed by atoms with van der Waals surface area (Å²) in [5.74, 6) is -0.525. The molecule has 12 nitrogen and oxygen atoms in total. The first-order valence-electron chi connectivity index (χ1n) is 24.4. The molecule has 2 fully saturated rings. The number of benzene rings is 4. The number of nitrogens with zero attached hydrogens (tertiary/aromatic N) is 10. The number of rotatable bonds is 6. The summed E-state index contributed by atoms with van der Waals surface area (Å²) in [5, 5.41) is 11.7. The van der Waals surface area contributed by atoms with E-state index in [1.165, 1.54) is 57.2 Å². The van der Waals surface area contributed by atoms with E-state index in [1.54, 1.807) is 36.7 Å². The van der Waals surface area contributed by atoms with E-state index in [1.807, 2.05) is 24.3 Å². The minimum Gasteiger partial charge on any atom is -0.348 e. The third-order valence-corrected chi connectivity index (χ3v) is 16.1. The maximum Gasteiger partial charge on any atom is 0.416 e. The van der Waals surface area contributed by atoms with Gasteiger partial charge in [-0.1, -0.05) is 47.5 Å². The van der Waals surface area contributed by atoms with Crippen molar-refractivity contribution < 1.29 is 35.9 Å². The van der Waals surface area contributed by atoms with E-state index < -0.39 is 23.5 Å². The first-order chi connectivity index (χ1) is 35.8. The molecule has 0 spiro atoms. The number of halogens is 8. The summed E-state index contributed by atoms with van der Waals surface area (Å²) in [6, 6.07) is 18.5. The molecule has 4 aliphatic rings. The molecular weight excluding hydrogens is 1070 g/mol. The molecule has 0 saturated carbocycles. The van der Waals surface area contributed by atoms with Crippen molar-refractivity contribution in [1.82, 2.24) is 39.2 Å². The molecule has 2 amide bonds. The third-order valence-electron chi connectivity index (χ3n) is 13.5. The van der Waals surface area contributed by atoms with Crippen molar-refractivity contribution in [2.24, 2.45) is 9.98 Å². The maximum absolute atomic E-state index is 13.5. The molecule has 6 heterocycles. The van der Waals surface area contributed by atoms with Gasteiger partial charge in [0, 0.05) is 84.3 Å². The van der Waals surface area contributed by atoms with E-state index in [0.717, 1.165) is 96.7 Å². The predicted octanol–water partition coefficient (Wildman–Crippen LogP) is 12.3. The van der Waals surface area contributed by atoms with E-state index in [0.29, 0.717) is 20.8 Å². The summed E-state index contributed by atoms with van der Waals surface area (Å²) < 4.78 is 84.2. The van der Waals surface area contributed by atoms with Crippen LogP contribution in [0.25, 0.3) is 34.0 Å². The molecule has 0 radical (unpaired) electrons. The van der Waals surface area contributed by atoms with Crippen LogP contribution in [0.2, 0.25) is 10.0 Å². The van der Waals surface area contributed by atoms with E-state index >= 15 is 0 Å². The Labute approximate surface area is 454 Å². The van der Waals surface area contributed by atoms with Crippen LogP contribution in [0, 0.1) is 0 Å². The van der Waals surface area contributed by atoms with Crippen molar-refractivity contribution in [2.45, 2.75) is 78.1 Å². The number of fused-ring (bicyclic) bond motifs is 2. The van der Waals surface area contributed by atoms with Crippen LogP contribution in [-0.2, 0) is 35.0 Å². The summed E-state index contributed by atoms with van der Waals surface area (Å²) in [7, 11) is 0. The van der Waals surface area contributed by atoms with Gasteiger partial charge in [-0.15, -0.1) is 0 Å². The van der Waals surface area contributed by atoms with Crippen molar-refractivity contribution in [3.05, 3.63) is 138 Å². The number of hydrogen-bond acceptors (Lipinski definition) is 10. The fraction of sp³-hybridized carbons (Fsp3) is 0.370. The lowest BCUT2D eigenvalue weighted by Crippen LogP contribution is -2.54. The van der Waals surface area contributed by atoms with Crippen molar-refractivity contribution in [1.29, 1.82) is 0 Å². The Morgan fingerprint density at radius 2 is 0.895 bits per heavy atom. The van der Waals surface area contributed by atoms with Crippen LogP contribution in [0.5, 0.6) is 0 Å². The zero-order chi connectivity index (χ0) is 54.5. The van der Waals surface area contributed by atoms with Gasteiger partial charge in [-0.25, -0.2) is 0 Å². The average Bonchev–Trinajstić information content (AvgIpc) is 4.15. The van der Waals surface area contributed by atoms with E-state index in [-0.39, 0.29) is 57.2 Å². The highest BCUT2D eigenvalue weighted by molar-refractivity contribution is 8.18. The Kier molecular flexibility index (Phi) is 15.7. The molecule has 0 aliphatic carbocycles. The van der Waals surface area contributed by atoms with Gasteiger partial charge in [0.1, 0.15) is 0 Å². The number of carbonyl (C=O) groups excluding carboxylic acids is 2. The molecule has 0 unspecified atom stereocenters. The lowest BCUT2D eigenvalue weighted by atomic mass is 10.1. The number of amidine groups is 2. The van der Waals surface area contributed by atoms with Gasteiger partial charge < -0.3 is 9.80 Å². The van der Waals surface area contributed by atoms with Crippen LogP contribution >= 0.6 is 46.7 Å². The molecule has 22 heteroatoms. The largest absolute Gasteiger partial charge is 0.416 e. The molecule has 76 heavy (non-hydrogen) atoms. The number of amides is 2. The molecule has 4 aromatic carbocycles. The van der Waals surface area contributed by atoms with Gasteiger partial charge in [-0.2, -0.15) is 46.5 Å². The number of alkyl halides is 6. The second kappa shape index (κ2) is 21.6. The number of aromatic nitrogens is 4. The van der Waals surface area contributed by atoms with Gasteiger partial charge in [0.25, 0.3) is 11.8 Å². The van der Waals surface area contributed by atoms with Crippen molar-refractivity contribution in [2.75, 3.05) is 52.4 Å². The highest BCUT2D eigenvalue weighted by atomic mass is 35.5. The quantitative estimate of drug-likeness (QED) is 0.118. The summed E-state index contributed by atoms with van der Waals surface area (Å²) >= 11 is 14.4. The maximum atomic E-state index is 13.5. The summed E-state index contributed by atoms with van der Waals surface area (Å²) in [4.78, 5) is 44.1. The van der Waals surface area contributed by atoms with Gasteiger partial charge >= 0.3 is 12.4 Å². The normalized spacial score (nSPS) is 18.6. The Balaban J connectivity index is 0.000000186. The minimum absolute atomic E-state index is 0.0303. The zero-order valence-electron chi connectivity index (χ0n) is 42.4. The number of piperazine rings is 2. The van der Waals surface area contributed by atoms with Crippen molar-refractivity contribution in [3.63, 3.8) is 0 Å². The van der Waals surface area contributed by atoms with Crippen LogP contribution in [0.15, 0.2) is 105 Å². The summed E-state index contributed by atoms with van der Waals surface area (Å²) in [6.45, 7) is 20.0. The standard InChI is InChI=1S/2C27H27ClF3N5OS/c2*1-26(2,3)35-10-8-34(9-11-35)25-33-24(37)23(38-25)13-17-4-7-22-19(12-17)15-32-36(22)16-18-5-6-20(28)14-21(18)27(29,30)31/h2*4-7,12-15H,8-11,16H2,1-3H3. The Hall–Kier alpha value is -5.64. The van der Waals surface area contributed by atoms with Crippen molar-refractivity contribution in [3.8, 4) is 0 Å². The Morgan fingerprint density at radius 3 is 1.24 bits per heavy atom. The Morgan fingerprint density at radius 1 is 0.526 bits per heavy atom. The minimum atomic E-state index is -4.52. The smallest absolute Gasteiger partial charge is 0.348 e. The molecule has 0 N–H and O–H groups in total. The second-order valence-electron chi connectivity index (χ2n) is 20.7. The average molecular weight is 1120 g/mol. The first-order valence-corrected chi connectivity index (χ1v) is 26.8. The molecule has 4 aliphatic heterocycles. The highest BCUT2D eigenvalue weighted by Gasteiger charge is 2.36. The molecule has 0 bridgehead atoms. The topological polar surface area (TPSA) is 107 Å². The fourth-order valence-electron chi connectivity index (χ4n) is 9.37. The fourth-order valence-corrected chi connectivity index (χ4v) is 11.6. The lowest BCUT2D eigenvalue weighted by Gasteiger charge is -2.42. The van der Waals surface area contributed by atoms with E-state index in [2.05, 4.69) is 81.3 Å². The SMILES string of the molecule is CC(C)(C)N1CCN(C2=NC(=O)C(=Cc3ccc4c(cnn4Cc4ccc(Cl)cc4C(F)(F)F)c3)S2)CC1.CC(C)(C)N1CCN(C2=NC(=O)C(=Cc3ccc4c(cnn4Cc4ccc(Cl)cc4C(F)(F)F)c3)S2)CC1.